The molecule has 0 heterocycles. The number of hydrogen-bond donors (Lipinski definition) is 1. The summed E-state index contributed by atoms with van der Waals surface area (Å²) in [6.07, 6.45) is 0.984. The molecule has 0 saturated heterocycles. The number of nitrogen functional groups attached to an aromatic ring is 1. The van der Waals surface area contributed by atoms with Crippen LogP contribution in [-0.2, 0) is 9.84 Å². The van der Waals surface area contributed by atoms with E-state index in [2.05, 4.69) is 22.0 Å². The third-order valence-electron chi connectivity index (χ3n) is 2.82. The Morgan fingerprint density at radius 2 is 2.05 bits per heavy atom. The summed E-state index contributed by atoms with van der Waals surface area (Å²) in [6.45, 7) is 3.60. The van der Waals surface area contributed by atoms with Gasteiger partial charge in [0.15, 0.2) is 9.84 Å². The molecule has 1 aromatic carbocycles. The summed E-state index contributed by atoms with van der Waals surface area (Å²) in [5, 5.41) is 8.89. The smallest absolute Gasteiger partial charge is 0.180 e. The van der Waals surface area contributed by atoms with Crippen LogP contribution in [-0.4, -0.2) is 14.2 Å². The summed E-state index contributed by atoms with van der Waals surface area (Å²) >= 11 is 3.24. The van der Waals surface area contributed by atoms with Crippen molar-refractivity contribution in [1.82, 2.24) is 0 Å². The Morgan fingerprint density at radius 3 is 2.58 bits per heavy atom. The molecule has 0 aromatic heterocycles. The fraction of sp³-hybridized carbons (Fsp3) is 0.462. The van der Waals surface area contributed by atoms with E-state index in [-0.39, 0.29) is 16.3 Å². The Balaban J connectivity index is 2.80. The minimum absolute atomic E-state index is 0.00391. The number of rotatable bonds is 5. The Kier molecular flexibility index (Phi) is 4.99. The summed E-state index contributed by atoms with van der Waals surface area (Å²) in [4.78, 5) is 0.158. The number of anilines is 1. The van der Waals surface area contributed by atoms with E-state index in [4.69, 9.17) is 11.0 Å². The molecule has 2 N–H and O–H groups in total. The zero-order valence-corrected chi connectivity index (χ0v) is 13.4. The number of sulfone groups is 1. The largest absolute Gasteiger partial charge is 0.398 e. The summed E-state index contributed by atoms with van der Waals surface area (Å²) < 4.78 is 25.1. The lowest BCUT2D eigenvalue weighted by molar-refractivity contribution is 0.445. The van der Waals surface area contributed by atoms with E-state index < -0.39 is 15.3 Å². The zero-order valence-electron chi connectivity index (χ0n) is 11.0. The van der Waals surface area contributed by atoms with E-state index >= 15 is 0 Å². The van der Waals surface area contributed by atoms with Crippen molar-refractivity contribution < 1.29 is 8.42 Å². The van der Waals surface area contributed by atoms with Gasteiger partial charge in [0, 0.05) is 4.47 Å². The highest BCUT2D eigenvalue weighted by Crippen LogP contribution is 2.26. The topological polar surface area (TPSA) is 84.0 Å². The van der Waals surface area contributed by atoms with E-state index in [1.807, 2.05) is 0 Å². The number of nitrogens with zero attached hydrogens (tertiary/aromatic N) is 1. The molecule has 0 atom stereocenters. The van der Waals surface area contributed by atoms with Crippen LogP contribution in [0.1, 0.15) is 26.7 Å². The molecule has 0 aliphatic rings. The Bertz CT molecular complexity index is 604. The van der Waals surface area contributed by atoms with Gasteiger partial charge in [0.2, 0.25) is 0 Å². The van der Waals surface area contributed by atoms with Gasteiger partial charge in [-0.2, -0.15) is 5.26 Å². The van der Waals surface area contributed by atoms with Gasteiger partial charge >= 0.3 is 0 Å². The van der Waals surface area contributed by atoms with Crippen LogP contribution < -0.4 is 5.73 Å². The lowest BCUT2D eigenvalue weighted by atomic mass is 9.90. The molecule has 0 spiro atoms. The molecule has 0 unspecified atom stereocenters. The highest BCUT2D eigenvalue weighted by atomic mass is 79.9. The summed E-state index contributed by atoms with van der Waals surface area (Å²) in [5.41, 5.74) is 5.47. The van der Waals surface area contributed by atoms with Crippen LogP contribution in [0.25, 0.3) is 0 Å². The first-order valence-electron chi connectivity index (χ1n) is 5.87. The van der Waals surface area contributed by atoms with Gasteiger partial charge in [0.05, 0.1) is 27.8 Å². The average molecular weight is 345 g/mol. The van der Waals surface area contributed by atoms with Crippen molar-refractivity contribution in [3.8, 4) is 6.07 Å². The van der Waals surface area contributed by atoms with Gasteiger partial charge in [-0.05, 0) is 44.9 Å². The van der Waals surface area contributed by atoms with E-state index in [1.54, 1.807) is 26.0 Å². The second kappa shape index (κ2) is 5.93. The van der Waals surface area contributed by atoms with Crippen LogP contribution in [0.3, 0.4) is 0 Å². The highest BCUT2D eigenvalue weighted by Gasteiger charge is 2.21. The van der Waals surface area contributed by atoms with Crippen LogP contribution in [0.4, 0.5) is 5.69 Å². The van der Waals surface area contributed by atoms with Gasteiger partial charge in [0.25, 0.3) is 0 Å². The molecule has 0 radical (unpaired) electrons. The van der Waals surface area contributed by atoms with Crippen LogP contribution >= 0.6 is 15.9 Å². The van der Waals surface area contributed by atoms with E-state index in [9.17, 15) is 8.42 Å². The third kappa shape index (κ3) is 4.51. The van der Waals surface area contributed by atoms with Crippen molar-refractivity contribution in [3.05, 3.63) is 22.7 Å². The SMILES string of the molecule is CC(C)(C#N)CCCS(=O)(=O)c1ccc(Br)cc1N. The van der Waals surface area contributed by atoms with Crippen molar-refractivity contribution >= 4 is 31.5 Å². The second-order valence-corrected chi connectivity index (χ2v) is 8.09. The number of nitriles is 1. The molecule has 0 aliphatic carbocycles. The molecular formula is C13H17BrN2O2S. The molecule has 1 rings (SSSR count). The third-order valence-corrected chi connectivity index (χ3v) is 5.19. The van der Waals surface area contributed by atoms with Gasteiger partial charge in [-0.1, -0.05) is 15.9 Å². The maximum atomic E-state index is 12.2. The quantitative estimate of drug-likeness (QED) is 0.831. The Morgan fingerprint density at radius 1 is 1.42 bits per heavy atom. The van der Waals surface area contributed by atoms with Crippen molar-refractivity contribution in [2.24, 2.45) is 5.41 Å². The average Bonchev–Trinajstić information content (AvgIpc) is 2.27. The fourth-order valence-corrected chi connectivity index (χ4v) is 3.49. The first-order chi connectivity index (χ1) is 8.68. The molecule has 4 nitrogen and oxygen atoms in total. The maximum absolute atomic E-state index is 12.2. The minimum Gasteiger partial charge on any atom is -0.398 e. The molecule has 1 aromatic rings. The fourth-order valence-electron chi connectivity index (χ4n) is 1.67. The van der Waals surface area contributed by atoms with Gasteiger partial charge < -0.3 is 5.73 Å². The molecule has 0 fully saturated rings. The van der Waals surface area contributed by atoms with Crippen LogP contribution in [0.2, 0.25) is 0 Å². The number of benzene rings is 1. The van der Waals surface area contributed by atoms with E-state index in [0.717, 1.165) is 4.47 Å². The molecule has 6 heteroatoms. The van der Waals surface area contributed by atoms with Crippen LogP contribution in [0.15, 0.2) is 27.6 Å². The first kappa shape index (κ1) is 16.0. The van der Waals surface area contributed by atoms with Gasteiger partial charge in [0.1, 0.15) is 0 Å². The predicted molar refractivity (Wildman–Crippen MR) is 79.2 cm³/mol. The first-order valence-corrected chi connectivity index (χ1v) is 8.31. The van der Waals surface area contributed by atoms with Crippen LogP contribution in [0.5, 0.6) is 0 Å². The standard InChI is InChI=1S/C13H17BrN2O2S/c1-13(2,9-15)6-3-7-19(17,18)12-5-4-10(14)8-11(12)16/h4-5,8H,3,6-7,16H2,1-2H3. The highest BCUT2D eigenvalue weighted by molar-refractivity contribution is 9.10. The molecule has 19 heavy (non-hydrogen) atoms. The normalized spacial score (nSPS) is 12.1. The summed E-state index contributed by atoms with van der Waals surface area (Å²) in [7, 11) is -3.39. The summed E-state index contributed by atoms with van der Waals surface area (Å²) in [6, 6.07) is 6.90. The maximum Gasteiger partial charge on any atom is 0.180 e. The monoisotopic (exact) mass is 344 g/mol. The van der Waals surface area contributed by atoms with E-state index in [1.165, 1.54) is 6.07 Å². The predicted octanol–water partition coefficient (Wildman–Crippen LogP) is 3.13. The number of hydrogen-bond acceptors (Lipinski definition) is 4. The van der Waals surface area contributed by atoms with Gasteiger partial charge in [-0.25, -0.2) is 8.42 Å². The van der Waals surface area contributed by atoms with Crippen molar-refractivity contribution in [3.63, 3.8) is 0 Å². The molecule has 104 valence electrons. The lowest BCUT2D eigenvalue weighted by Gasteiger charge is -2.14. The zero-order chi connectivity index (χ0) is 14.7. The van der Waals surface area contributed by atoms with E-state index in [0.29, 0.717) is 12.8 Å². The van der Waals surface area contributed by atoms with Crippen molar-refractivity contribution in [2.45, 2.75) is 31.6 Å². The molecule has 0 amide bonds. The molecule has 0 bridgehead atoms. The number of halogens is 1. The molecule has 0 aliphatic heterocycles. The Labute approximate surface area is 122 Å². The summed E-state index contributed by atoms with van der Waals surface area (Å²) in [5.74, 6) is 0.00391. The molecular weight excluding hydrogens is 328 g/mol. The Hall–Kier alpha value is -1.06. The molecule has 0 saturated carbocycles. The van der Waals surface area contributed by atoms with Gasteiger partial charge in [-0.3, -0.25) is 0 Å². The van der Waals surface area contributed by atoms with Crippen molar-refractivity contribution in [1.29, 1.82) is 5.26 Å². The number of nitrogens with two attached hydrogens (primary N) is 1. The van der Waals surface area contributed by atoms with Gasteiger partial charge in [-0.15, -0.1) is 0 Å². The minimum atomic E-state index is -3.39. The lowest BCUT2D eigenvalue weighted by Crippen LogP contribution is -2.13. The van der Waals surface area contributed by atoms with Crippen LogP contribution in [0, 0.1) is 16.7 Å². The van der Waals surface area contributed by atoms with Crippen molar-refractivity contribution in [2.75, 3.05) is 11.5 Å². The second-order valence-electron chi connectivity index (χ2n) is 5.10.